The van der Waals surface area contributed by atoms with Crippen molar-refractivity contribution in [3.63, 3.8) is 0 Å². The topological polar surface area (TPSA) is 132 Å². The average molecular weight is 479 g/mol. The maximum atomic E-state index is 12.9. The van der Waals surface area contributed by atoms with Gasteiger partial charge in [-0.3, -0.25) is 0 Å². The van der Waals surface area contributed by atoms with Crippen molar-refractivity contribution in [2.45, 2.75) is 27.9 Å². The number of alkyl halides is 6. The zero-order chi connectivity index (χ0) is 23.9. The van der Waals surface area contributed by atoms with E-state index in [-0.39, 0.29) is 34.5 Å². The molecule has 0 aromatic carbocycles. The number of sulfone groups is 1. The molecule has 0 saturated heterocycles. The highest BCUT2D eigenvalue weighted by atomic mass is 32.2. The Balaban J connectivity index is 1.93. The third-order valence-corrected chi connectivity index (χ3v) is 5.88. The third kappa shape index (κ3) is 3.95. The van der Waals surface area contributed by atoms with E-state index in [9.17, 15) is 39.9 Å². The second-order valence-electron chi connectivity index (χ2n) is 6.31. The summed E-state index contributed by atoms with van der Waals surface area (Å²) in [6.07, 6.45) is -9.83. The fourth-order valence-corrected chi connectivity index (χ4v) is 3.61. The molecule has 0 fully saturated rings. The molecular weight excluding hydrogens is 468 g/mol. The van der Waals surface area contributed by atoms with Gasteiger partial charge in [0.05, 0.1) is 4.90 Å². The lowest BCUT2D eigenvalue weighted by Gasteiger charge is -2.32. The minimum Gasteiger partial charge on any atom is -0.384 e. The fraction of sp³-hybridized carbons (Fsp3) is 0.176. The van der Waals surface area contributed by atoms with E-state index in [1.54, 1.807) is 0 Å². The van der Waals surface area contributed by atoms with Gasteiger partial charge in [-0.15, -0.1) is 0 Å². The van der Waals surface area contributed by atoms with Crippen molar-refractivity contribution in [1.82, 2.24) is 19.9 Å². The van der Waals surface area contributed by atoms with Crippen LogP contribution in [0.5, 0.6) is 0 Å². The van der Waals surface area contributed by atoms with Crippen LogP contribution < -0.4 is 5.73 Å². The highest BCUT2D eigenvalue weighted by Gasteiger charge is 2.71. The van der Waals surface area contributed by atoms with Gasteiger partial charge in [-0.1, -0.05) is 0 Å². The van der Waals surface area contributed by atoms with Gasteiger partial charge in [0.15, 0.2) is 10.9 Å². The molecule has 0 aliphatic heterocycles. The number of halogens is 6. The molecule has 3 aromatic rings. The van der Waals surface area contributed by atoms with Crippen LogP contribution in [-0.4, -0.2) is 45.8 Å². The van der Waals surface area contributed by atoms with Crippen molar-refractivity contribution < 1.29 is 39.9 Å². The summed E-state index contributed by atoms with van der Waals surface area (Å²) >= 11 is 0. The Morgan fingerprint density at radius 2 is 1.38 bits per heavy atom. The first kappa shape index (κ1) is 23.3. The van der Waals surface area contributed by atoms with Gasteiger partial charge in [0, 0.05) is 35.9 Å². The first-order chi connectivity index (χ1) is 14.7. The van der Waals surface area contributed by atoms with Crippen molar-refractivity contribution in [1.29, 1.82) is 0 Å². The van der Waals surface area contributed by atoms with E-state index in [0.29, 0.717) is 0 Å². The quantitative estimate of drug-likeness (QED) is 0.546. The van der Waals surface area contributed by atoms with Gasteiger partial charge >= 0.3 is 12.4 Å². The zero-order valence-corrected chi connectivity index (χ0v) is 16.2. The van der Waals surface area contributed by atoms with Crippen molar-refractivity contribution in [2.75, 3.05) is 5.73 Å². The lowest BCUT2D eigenvalue weighted by Crippen LogP contribution is -2.54. The van der Waals surface area contributed by atoms with E-state index >= 15 is 0 Å². The van der Waals surface area contributed by atoms with E-state index in [1.807, 2.05) is 0 Å². The van der Waals surface area contributed by atoms with Crippen molar-refractivity contribution in [2.24, 2.45) is 0 Å². The highest BCUT2D eigenvalue weighted by molar-refractivity contribution is 7.91. The van der Waals surface area contributed by atoms with E-state index in [0.717, 1.165) is 24.5 Å². The van der Waals surface area contributed by atoms with Gasteiger partial charge in [0.1, 0.15) is 5.82 Å². The minimum atomic E-state index is -6.08. The van der Waals surface area contributed by atoms with E-state index in [2.05, 4.69) is 19.9 Å². The molecule has 0 atom stereocenters. The van der Waals surface area contributed by atoms with E-state index in [4.69, 9.17) is 5.73 Å². The fourth-order valence-electron chi connectivity index (χ4n) is 2.49. The number of aromatic nitrogens is 4. The third-order valence-electron chi connectivity index (χ3n) is 4.23. The Morgan fingerprint density at radius 1 is 0.781 bits per heavy atom. The summed E-state index contributed by atoms with van der Waals surface area (Å²) in [6, 6.07) is 4.66. The smallest absolute Gasteiger partial charge is 0.384 e. The van der Waals surface area contributed by atoms with Gasteiger partial charge in [-0.2, -0.15) is 26.3 Å². The summed E-state index contributed by atoms with van der Waals surface area (Å²) in [5.74, 6) is -0.262. The van der Waals surface area contributed by atoms with Crippen LogP contribution >= 0.6 is 0 Å². The van der Waals surface area contributed by atoms with Gasteiger partial charge in [0.25, 0.3) is 5.60 Å². The van der Waals surface area contributed by atoms with Gasteiger partial charge < -0.3 is 10.8 Å². The molecule has 0 amide bonds. The first-order valence-electron chi connectivity index (χ1n) is 8.29. The lowest BCUT2D eigenvalue weighted by atomic mass is 9.95. The highest BCUT2D eigenvalue weighted by Crippen LogP contribution is 2.49. The number of nitrogens with two attached hydrogens (primary N) is 1. The first-order valence-corrected chi connectivity index (χ1v) is 9.77. The molecule has 3 aromatic heterocycles. The van der Waals surface area contributed by atoms with Crippen LogP contribution in [0.25, 0.3) is 11.4 Å². The Kier molecular flexibility index (Phi) is 5.59. The molecule has 32 heavy (non-hydrogen) atoms. The summed E-state index contributed by atoms with van der Waals surface area (Å²) in [7, 11) is -4.07. The van der Waals surface area contributed by atoms with Crippen LogP contribution in [0.4, 0.5) is 32.2 Å². The second kappa shape index (κ2) is 7.67. The number of aliphatic hydroxyl groups is 1. The van der Waals surface area contributed by atoms with Crippen molar-refractivity contribution in [3.05, 3.63) is 54.6 Å². The molecular formula is C17H11F6N5O3S. The Bertz CT molecular complexity index is 1200. The van der Waals surface area contributed by atoms with E-state index < -0.39 is 38.4 Å². The Morgan fingerprint density at radius 3 is 1.81 bits per heavy atom. The molecule has 0 bridgehead atoms. The second-order valence-corrected chi connectivity index (χ2v) is 8.21. The van der Waals surface area contributed by atoms with E-state index in [1.165, 1.54) is 12.1 Å². The van der Waals surface area contributed by atoms with Crippen LogP contribution in [0.3, 0.4) is 0 Å². The molecule has 3 rings (SSSR count). The average Bonchev–Trinajstić information content (AvgIpc) is 2.72. The molecule has 3 heterocycles. The SMILES string of the molecule is Nc1ccc(S(=O)(=O)c2ccc(-c3ncc(C(O)(C(F)(F)F)C(F)(F)F)cn3)cn2)cn1. The normalized spacial score (nSPS) is 13.2. The summed E-state index contributed by atoms with van der Waals surface area (Å²) in [5.41, 5.74) is -1.40. The van der Waals surface area contributed by atoms with Crippen LogP contribution in [0.1, 0.15) is 5.56 Å². The molecule has 3 N–H and O–H groups in total. The molecule has 0 spiro atoms. The van der Waals surface area contributed by atoms with Crippen molar-refractivity contribution >= 4 is 15.7 Å². The van der Waals surface area contributed by atoms with Crippen LogP contribution in [-0.2, 0) is 15.4 Å². The number of pyridine rings is 2. The summed E-state index contributed by atoms with van der Waals surface area (Å²) in [5, 5.41) is 8.94. The number of hydrogen-bond acceptors (Lipinski definition) is 8. The maximum Gasteiger partial charge on any atom is 0.430 e. The number of nitrogen functional groups attached to an aromatic ring is 1. The Hall–Kier alpha value is -3.33. The maximum absolute atomic E-state index is 12.9. The molecule has 0 aliphatic rings. The molecule has 170 valence electrons. The standard InChI is InChI=1S/C17H11F6N5O3S/c18-16(19,20)15(29,17(21,22)23)10-6-27-14(28-7-10)9-1-4-13(26-5-9)32(30,31)11-2-3-12(24)25-8-11/h1-8,29H,(H2,24,25). The predicted octanol–water partition coefficient (Wildman–Crippen LogP) is 2.66. The van der Waals surface area contributed by atoms with Gasteiger partial charge in [-0.05, 0) is 24.3 Å². The van der Waals surface area contributed by atoms with Crippen LogP contribution in [0.15, 0.2) is 59.0 Å². The molecule has 15 heteroatoms. The Labute approximate surface area is 175 Å². The molecule has 0 radical (unpaired) electrons. The monoisotopic (exact) mass is 479 g/mol. The zero-order valence-electron chi connectivity index (χ0n) is 15.4. The largest absolute Gasteiger partial charge is 0.430 e. The number of hydrogen-bond donors (Lipinski definition) is 2. The minimum absolute atomic E-state index is 0.00603. The molecule has 0 aliphatic carbocycles. The number of rotatable bonds is 4. The lowest BCUT2D eigenvalue weighted by molar-refractivity contribution is -0.376. The number of nitrogens with zero attached hydrogens (tertiary/aromatic N) is 4. The van der Waals surface area contributed by atoms with Gasteiger partial charge in [0.2, 0.25) is 9.84 Å². The molecule has 8 nitrogen and oxygen atoms in total. The summed E-state index contributed by atoms with van der Waals surface area (Å²) in [6.45, 7) is 0. The summed E-state index contributed by atoms with van der Waals surface area (Å²) < 4.78 is 103. The van der Waals surface area contributed by atoms with Crippen molar-refractivity contribution in [3.8, 4) is 11.4 Å². The van der Waals surface area contributed by atoms with Gasteiger partial charge in [-0.25, -0.2) is 28.4 Å². The molecule has 0 saturated carbocycles. The molecule has 0 unspecified atom stereocenters. The summed E-state index contributed by atoms with van der Waals surface area (Å²) in [4.78, 5) is 14.0. The van der Waals surface area contributed by atoms with Crippen LogP contribution in [0.2, 0.25) is 0 Å². The van der Waals surface area contributed by atoms with Crippen LogP contribution in [0, 0.1) is 0 Å². The number of anilines is 1. The predicted molar refractivity (Wildman–Crippen MR) is 95.4 cm³/mol.